The van der Waals surface area contributed by atoms with Gasteiger partial charge in [0.15, 0.2) is 11.6 Å². The summed E-state index contributed by atoms with van der Waals surface area (Å²) in [5.41, 5.74) is 2.50. The van der Waals surface area contributed by atoms with E-state index >= 15 is 0 Å². The van der Waals surface area contributed by atoms with Gasteiger partial charge in [0, 0.05) is 19.3 Å². The molecule has 116 valence electrons. The average molecular weight is 302 g/mol. The van der Waals surface area contributed by atoms with Gasteiger partial charge in [-0.3, -0.25) is 0 Å². The molecule has 1 N–H and O–H groups in total. The van der Waals surface area contributed by atoms with E-state index in [1.165, 1.54) is 18.1 Å². The van der Waals surface area contributed by atoms with Crippen molar-refractivity contribution in [3.8, 4) is 5.75 Å². The average Bonchev–Trinajstić information content (AvgIpc) is 2.47. The molecule has 0 aromatic heterocycles. The number of hydrogen-bond donors (Lipinski definition) is 1. The van der Waals surface area contributed by atoms with E-state index in [4.69, 9.17) is 4.74 Å². The van der Waals surface area contributed by atoms with E-state index in [1.54, 1.807) is 19.2 Å². The Hall–Kier alpha value is -2.56. The molecule has 0 fully saturated rings. The molecule has 0 unspecified atom stereocenters. The number of benzene rings is 2. The summed E-state index contributed by atoms with van der Waals surface area (Å²) >= 11 is 0. The van der Waals surface area contributed by atoms with Crippen LogP contribution in [0.4, 0.5) is 14.9 Å². The lowest BCUT2D eigenvalue weighted by atomic mass is 10.2. The summed E-state index contributed by atoms with van der Waals surface area (Å²) in [6.45, 7) is 2.26. The van der Waals surface area contributed by atoms with E-state index in [0.717, 1.165) is 11.3 Å². The van der Waals surface area contributed by atoms with E-state index in [1.807, 2.05) is 31.2 Å². The maximum Gasteiger partial charge on any atom is 0.321 e. The van der Waals surface area contributed by atoms with E-state index in [2.05, 4.69) is 5.32 Å². The van der Waals surface area contributed by atoms with Gasteiger partial charge in [-0.15, -0.1) is 0 Å². The van der Waals surface area contributed by atoms with E-state index in [0.29, 0.717) is 12.1 Å². The lowest BCUT2D eigenvalue weighted by molar-refractivity contribution is 0.220. The van der Waals surface area contributed by atoms with Crippen LogP contribution in [-0.4, -0.2) is 25.1 Å². The molecule has 0 bridgehead atoms. The Bertz CT molecular complexity index is 673. The first kappa shape index (κ1) is 15.8. The van der Waals surface area contributed by atoms with Gasteiger partial charge in [0.2, 0.25) is 0 Å². The Kier molecular flexibility index (Phi) is 4.99. The van der Waals surface area contributed by atoms with Gasteiger partial charge in [0.05, 0.1) is 7.11 Å². The monoisotopic (exact) mass is 302 g/mol. The zero-order valence-corrected chi connectivity index (χ0v) is 12.9. The number of rotatable bonds is 4. The number of urea groups is 1. The summed E-state index contributed by atoms with van der Waals surface area (Å²) in [4.78, 5) is 13.6. The van der Waals surface area contributed by atoms with Crippen molar-refractivity contribution < 1.29 is 13.9 Å². The molecule has 5 heteroatoms. The molecular formula is C17H19FN2O2. The Labute approximate surface area is 129 Å². The second-order valence-corrected chi connectivity index (χ2v) is 5.12. The zero-order valence-electron chi connectivity index (χ0n) is 12.9. The molecule has 0 saturated heterocycles. The van der Waals surface area contributed by atoms with Crippen molar-refractivity contribution in [2.45, 2.75) is 13.5 Å². The fourth-order valence-electron chi connectivity index (χ4n) is 2.10. The molecule has 4 nitrogen and oxygen atoms in total. The van der Waals surface area contributed by atoms with Gasteiger partial charge in [-0.2, -0.15) is 0 Å². The van der Waals surface area contributed by atoms with Crippen molar-refractivity contribution in [1.29, 1.82) is 0 Å². The van der Waals surface area contributed by atoms with Crippen LogP contribution < -0.4 is 10.1 Å². The highest BCUT2D eigenvalue weighted by Crippen LogP contribution is 2.18. The molecule has 22 heavy (non-hydrogen) atoms. The predicted molar refractivity (Wildman–Crippen MR) is 84.6 cm³/mol. The third kappa shape index (κ3) is 3.97. The molecule has 2 amide bonds. The molecule has 0 aliphatic rings. The van der Waals surface area contributed by atoms with Crippen LogP contribution in [0.1, 0.15) is 11.1 Å². The van der Waals surface area contributed by atoms with Gasteiger partial charge in [0.25, 0.3) is 0 Å². The van der Waals surface area contributed by atoms with Gasteiger partial charge < -0.3 is 15.0 Å². The number of anilines is 1. The summed E-state index contributed by atoms with van der Waals surface area (Å²) in [6.07, 6.45) is 0. The van der Waals surface area contributed by atoms with E-state index in [-0.39, 0.29) is 11.8 Å². The second kappa shape index (κ2) is 6.93. The summed E-state index contributed by atoms with van der Waals surface area (Å²) in [7, 11) is 3.08. The van der Waals surface area contributed by atoms with Crippen molar-refractivity contribution in [1.82, 2.24) is 4.90 Å². The lowest BCUT2D eigenvalue weighted by Crippen LogP contribution is -2.30. The fraction of sp³-hybridized carbons (Fsp3) is 0.235. The number of methoxy groups -OCH3 is 1. The summed E-state index contributed by atoms with van der Waals surface area (Å²) in [5, 5.41) is 2.81. The lowest BCUT2D eigenvalue weighted by Gasteiger charge is -2.18. The van der Waals surface area contributed by atoms with Gasteiger partial charge in [-0.05, 0) is 42.3 Å². The highest BCUT2D eigenvalue weighted by Gasteiger charge is 2.11. The predicted octanol–water partition coefficient (Wildman–Crippen LogP) is 3.81. The number of hydrogen-bond acceptors (Lipinski definition) is 2. The summed E-state index contributed by atoms with van der Waals surface area (Å²) < 4.78 is 18.5. The first-order valence-corrected chi connectivity index (χ1v) is 6.91. The highest BCUT2D eigenvalue weighted by molar-refractivity contribution is 5.89. The number of ether oxygens (including phenoxy) is 1. The van der Waals surface area contributed by atoms with Crippen LogP contribution in [0.25, 0.3) is 0 Å². The Morgan fingerprint density at radius 3 is 2.68 bits per heavy atom. The molecular weight excluding hydrogens is 283 g/mol. The molecule has 2 rings (SSSR count). The molecule has 0 atom stereocenters. The standard InChI is InChI=1S/C17H19FN2O2/c1-12-5-4-6-14(9-12)19-17(21)20(2)11-13-7-8-16(22-3)15(18)10-13/h4-10H,11H2,1-3H3,(H,19,21). The van der Waals surface area contributed by atoms with Crippen molar-refractivity contribution >= 4 is 11.7 Å². The second-order valence-electron chi connectivity index (χ2n) is 5.12. The first-order chi connectivity index (χ1) is 10.5. The summed E-state index contributed by atoms with van der Waals surface area (Å²) in [5.74, 6) is -0.247. The number of carbonyl (C=O) groups excluding carboxylic acids is 1. The number of nitrogens with zero attached hydrogens (tertiary/aromatic N) is 1. The Morgan fingerprint density at radius 1 is 1.27 bits per heavy atom. The minimum Gasteiger partial charge on any atom is -0.494 e. The van der Waals surface area contributed by atoms with E-state index < -0.39 is 5.82 Å². The number of amides is 2. The molecule has 0 aliphatic heterocycles. The van der Waals surface area contributed by atoms with Crippen LogP contribution >= 0.6 is 0 Å². The SMILES string of the molecule is COc1ccc(CN(C)C(=O)Nc2cccc(C)c2)cc1F. The van der Waals surface area contributed by atoms with Gasteiger partial charge in [0.1, 0.15) is 0 Å². The maximum absolute atomic E-state index is 13.6. The van der Waals surface area contributed by atoms with Crippen LogP contribution in [0.15, 0.2) is 42.5 Å². The van der Waals surface area contributed by atoms with Crippen LogP contribution in [0.3, 0.4) is 0 Å². The van der Waals surface area contributed by atoms with Crippen molar-refractivity contribution in [2.24, 2.45) is 0 Å². The minimum atomic E-state index is -0.438. The normalized spacial score (nSPS) is 10.2. The van der Waals surface area contributed by atoms with Crippen LogP contribution in [0.5, 0.6) is 5.75 Å². The largest absolute Gasteiger partial charge is 0.494 e. The minimum absolute atomic E-state index is 0.190. The number of halogens is 1. The Morgan fingerprint density at radius 2 is 2.05 bits per heavy atom. The third-order valence-corrected chi connectivity index (χ3v) is 3.25. The molecule has 0 spiro atoms. The van der Waals surface area contributed by atoms with Gasteiger partial charge in [-0.25, -0.2) is 9.18 Å². The molecule has 2 aromatic carbocycles. The third-order valence-electron chi connectivity index (χ3n) is 3.25. The highest BCUT2D eigenvalue weighted by atomic mass is 19.1. The zero-order chi connectivity index (χ0) is 16.1. The van der Waals surface area contributed by atoms with Crippen molar-refractivity contribution in [2.75, 3.05) is 19.5 Å². The molecule has 0 heterocycles. The maximum atomic E-state index is 13.6. The van der Waals surface area contributed by atoms with Gasteiger partial charge in [-0.1, -0.05) is 18.2 Å². The smallest absolute Gasteiger partial charge is 0.321 e. The van der Waals surface area contributed by atoms with Crippen molar-refractivity contribution in [3.63, 3.8) is 0 Å². The number of carbonyl (C=O) groups is 1. The van der Waals surface area contributed by atoms with E-state index in [9.17, 15) is 9.18 Å². The first-order valence-electron chi connectivity index (χ1n) is 6.91. The molecule has 0 radical (unpaired) electrons. The Balaban J connectivity index is 2.00. The molecule has 0 saturated carbocycles. The van der Waals surface area contributed by atoms with Gasteiger partial charge >= 0.3 is 6.03 Å². The summed E-state index contributed by atoms with van der Waals surface area (Å²) in [6, 6.07) is 12.0. The van der Waals surface area contributed by atoms with Crippen molar-refractivity contribution in [3.05, 3.63) is 59.4 Å². The number of aryl methyl sites for hydroxylation is 1. The fourth-order valence-corrected chi connectivity index (χ4v) is 2.10. The molecule has 0 aliphatic carbocycles. The topological polar surface area (TPSA) is 41.6 Å². The van der Waals surface area contributed by atoms with Crippen LogP contribution in [-0.2, 0) is 6.54 Å². The quantitative estimate of drug-likeness (QED) is 0.933. The molecule has 2 aromatic rings. The van der Waals surface area contributed by atoms with Crippen LogP contribution in [0, 0.1) is 12.7 Å². The van der Waals surface area contributed by atoms with Crippen LogP contribution in [0.2, 0.25) is 0 Å². The number of nitrogens with one attached hydrogen (secondary N) is 1.